The zero-order chi connectivity index (χ0) is 12.7. The number of aliphatic carboxylic acids is 1. The number of carbonyl (C=O) groups is 1. The van der Waals surface area contributed by atoms with Crippen LogP contribution in [-0.2, 0) is 11.3 Å². The van der Waals surface area contributed by atoms with Crippen LogP contribution in [0.25, 0.3) is 11.6 Å². The summed E-state index contributed by atoms with van der Waals surface area (Å²) < 4.78 is 7.52. The smallest absolute Gasteiger partial charge is 0.312 e. The van der Waals surface area contributed by atoms with E-state index in [-0.39, 0.29) is 0 Å². The molecule has 5 heteroatoms. The Hall–Kier alpha value is -2.04. The monoisotopic (exact) mass is 246 g/mol. The number of aryl methyl sites for hydroxylation is 1. The number of nitrogens with zero attached hydrogens (tertiary/aromatic N) is 2. The Kier molecular flexibility index (Phi) is 2.47. The first-order chi connectivity index (χ1) is 8.66. The highest BCUT2D eigenvalue weighted by Gasteiger charge is 2.29. The van der Waals surface area contributed by atoms with Gasteiger partial charge in [-0.15, -0.1) is 0 Å². The third-order valence-electron chi connectivity index (χ3n) is 3.38. The van der Waals surface area contributed by atoms with Crippen LogP contribution in [0.15, 0.2) is 22.7 Å². The normalized spacial score (nSPS) is 18.6. The second kappa shape index (κ2) is 4.01. The summed E-state index contributed by atoms with van der Waals surface area (Å²) in [7, 11) is 0. The van der Waals surface area contributed by atoms with Crippen molar-refractivity contribution in [2.75, 3.05) is 0 Å². The Labute approximate surface area is 104 Å². The molecule has 1 aliphatic rings. The SMILES string of the molecule is Cc1ccc(-c2ncc3n2CCCC3C(=O)O)o1. The Bertz CT molecular complexity index is 597. The Morgan fingerprint density at radius 2 is 2.39 bits per heavy atom. The van der Waals surface area contributed by atoms with Crippen molar-refractivity contribution < 1.29 is 14.3 Å². The number of rotatable bonds is 2. The Morgan fingerprint density at radius 3 is 3.06 bits per heavy atom. The maximum Gasteiger partial charge on any atom is 0.312 e. The molecule has 1 atom stereocenters. The van der Waals surface area contributed by atoms with Gasteiger partial charge >= 0.3 is 5.97 Å². The van der Waals surface area contributed by atoms with E-state index in [1.807, 2.05) is 23.6 Å². The number of carboxylic acids is 1. The average molecular weight is 246 g/mol. The van der Waals surface area contributed by atoms with Gasteiger partial charge in [0.05, 0.1) is 11.6 Å². The molecule has 3 heterocycles. The predicted octanol–water partition coefficient (Wildman–Crippen LogP) is 2.41. The molecule has 2 aromatic rings. The molecular weight excluding hydrogens is 232 g/mol. The fourth-order valence-corrected chi connectivity index (χ4v) is 2.50. The van der Waals surface area contributed by atoms with Crippen LogP contribution < -0.4 is 0 Å². The fraction of sp³-hybridized carbons (Fsp3) is 0.385. The average Bonchev–Trinajstić information content (AvgIpc) is 2.93. The first kappa shape index (κ1) is 11.1. The van der Waals surface area contributed by atoms with Gasteiger partial charge in [-0.05, 0) is 31.9 Å². The Morgan fingerprint density at radius 1 is 1.56 bits per heavy atom. The van der Waals surface area contributed by atoms with Gasteiger partial charge in [0.25, 0.3) is 0 Å². The van der Waals surface area contributed by atoms with Crippen LogP contribution in [-0.4, -0.2) is 20.6 Å². The molecule has 0 saturated heterocycles. The minimum absolute atomic E-state index is 0.448. The molecule has 1 unspecified atom stereocenters. The number of furan rings is 1. The van der Waals surface area contributed by atoms with Crippen LogP contribution in [0, 0.1) is 6.92 Å². The summed E-state index contributed by atoms with van der Waals surface area (Å²) in [4.78, 5) is 15.5. The molecule has 5 nitrogen and oxygen atoms in total. The first-order valence-corrected chi connectivity index (χ1v) is 6.02. The van der Waals surface area contributed by atoms with Crippen LogP contribution >= 0.6 is 0 Å². The molecule has 1 N–H and O–H groups in total. The number of imidazole rings is 1. The van der Waals surface area contributed by atoms with Crippen molar-refractivity contribution in [2.45, 2.75) is 32.2 Å². The molecule has 0 aliphatic carbocycles. The van der Waals surface area contributed by atoms with Crippen LogP contribution in [0.2, 0.25) is 0 Å². The quantitative estimate of drug-likeness (QED) is 0.883. The van der Waals surface area contributed by atoms with Gasteiger partial charge in [-0.1, -0.05) is 0 Å². The first-order valence-electron chi connectivity index (χ1n) is 6.02. The van der Waals surface area contributed by atoms with Crippen molar-refractivity contribution in [1.82, 2.24) is 9.55 Å². The van der Waals surface area contributed by atoms with Gasteiger partial charge in [0.2, 0.25) is 0 Å². The van der Waals surface area contributed by atoms with Crippen molar-refractivity contribution in [1.29, 1.82) is 0 Å². The van der Waals surface area contributed by atoms with Gasteiger partial charge in [0.1, 0.15) is 5.76 Å². The zero-order valence-corrected chi connectivity index (χ0v) is 10.1. The van der Waals surface area contributed by atoms with E-state index in [0.717, 1.165) is 30.2 Å². The molecule has 3 rings (SSSR count). The lowest BCUT2D eigenvalue weighted by Crippen LogP contribution is -2.21. The number of aromatic nitrogens is 2. The summed E-state index contributed by atoms with van der Waals surface area (Å²) in [5, 5.41) is 9.20. The van der Waals surface area contributed by atoms with Gasteiger partial charge in [0.15, 0.2) is 11.6 Å². The maximum absolute atomic E-state index is 11.2. The number of hydrogen-bond donors (Lipinski definition) is 1. The summed E-state index contributed by atoms with van der Waals surface area (Å²) >= 11 is 0. The third-order valence-corrected chi connectivity index (χ3v) is 3.38. The van der Waals surface area contributed by atoms with Gasteiger partial charge in [-0.2, -0.15) is 0 Å². The number of hydrogen-bond acceptors (Lipinski definition) is 3. The van der Waals surface area contributed by atoms with E-state index < -0.39 is 11.9 Å². The van der Waals surface area contributed by atoms with Crippen molar-refractivity contribution in [2.24, 2.45) is 0 Å². The molecule has 2 aromatic heterocycles. The predicted molar refractivity (Wildman–Crippen MR) is 64.3 cm³/mol. The molecule has 0 bridgehead atoms. The lowest BCUT2D eigenvalue weighted by atomic mass is 9.96. The van der Waals surface area contributed by atoms with Crippen molar-refractivity contribution >= 4 is 5.97 Å². The second-order valence-corrected chi connectivity index (χ2v) is 4.60. The highest BCUT2D eigenvalue weighted by Crippen LogP contribution is 2.32. The standard InChI is InChI=1S/C13H14N2O3/c1-8-4-5-11(18-8)12-14-7-10-9(13(16)17)3-2-6-15(10)12/h4-5,7,9H,2-3,6H2,1H3,(H,16,17). The third kappa shape index (κ3) is 1.63. The van der Waals surface area contributed by atoms with Crippen LogP contribution in [0.1, 0.15) is 30.2 Å². The number of fused-ring (bicyclic) bond motifs is 1. The maximum atomic E-state index is 11.2. The van der Waals surface area contributed by atoms with Gasteiger partial charge in [-0.3, -0.25) is 4.79 Å². The summed E-state index contributed by atoms with van der Waals surface area (Å²) in [6.07, 6.45) is 3.19. The van der Waals surface area contributed by atoms with Crippen molar-refractivity contribution in [3.63, 3.8) is 0 Å². The molecule has 0 saturated carbocycles. The van der Waals surface area contributed by atoms with E-state index >= 15 is 0 Å². The van der Waals surface area contributed by atoms with Gasteiger partial charge in [-0.25, -0.2) is 4.98 Å². The van der Waals surface area contributed by atoms with E-state index in [1.54, 1.807) is 6.20 Å². The van der Waals surface area contributed by atoms with Gasteiger partial charge < -0.3 is 14.1 Å². The molecule has 0 radical (unpaired) electrons. The van der Waals surface area contributed by atoms with E-state index in [0.29, 0.717) is 12.2 Å². The summed E-state index contributed by atoms with van der Waals surface area (Å²) in [5.41, 5.74) is 0.776. The zero-order valence-electron chi connectivity index (χ0n) is 10.1. The highest BCUT2D eigenvalue weighted by atomic mass is 16.4. The van der Waals surface area contributed by atoms with Crippen molar-refractivity contribution in [3.8, 4) is 11.6 Å². The van der Waals surface area contributed by atoms with E-state index in [2.05, 4.69) is 4.98 Å². The minimum atomic E-state index is -0.780. The van der Waals surface area contributed by atoms with Gasteiger partial charge in [0, 0.05) is 12.7 Å². The number of carboxylic acid groups (broad SMARTS) is 1. The molecule has 0 aromatic carbocycles. The summed E-state index contributed by atoms with van der Waals surface area (Å²) in [5.74, 6) is 1.02. The molecule has 94 valence electrons. The van der Waals surface area contributed by atoms with Crippen LogP contribution in [0.4, 0.5) is 0 Å². The van der Waals surface area contributed by atoms with E-state index in [4.69, 9.17) is 4.42 Å². The van der Waals surface area contributed by atoms with Crippen molar-refractivity contribution in [3.05, 3.63) is 29.8 Å². The van der Waals surface area contributed by atoms with Crippen LogP contribution in [0.3, 0.4) is 0 Å². The molecule has 18 heavy (non-hydrogen) atoms. The summed E-state index contributed by atoms with van der Waals surface area (Å²) in [6.45, 7) is 2.68. The van der Waals surface area contributed by atoms with E-state index in [9.17, 15) is 9.90 Å². The molecular formula is C13H14N2O3. The fourth-order valence-electron chi connectivity index (χ4n) is 2.50. The minimum Gasteiger partial charge on any atom is -0.481 e. The largest absolute Gasteiger partial charge is 0.481 e. The Balaban J connectivity index is 2.07. The molecule has 0 fully saturated rings. The lowest BCUT2D eigenvalue weighted by molar-refractivity contribution is -0.139. The van der Waals surface area contributed by atoms with Crippen LogP contribution in [0.5, 0.6) is 0 Å². The molecule has 0 amide bonds. The van der Waals surface area contributed by atoms with E-state index in [1.165, 1.54) is 0 Å². The lowest BCUT2D eigenvalue weighted by Gasteiger charge is -2.21. The topological polar surface area (TPSA) is 68.3 Å². The summed E-state index contributed by atoms with van der Waals surface area (Å²) in [6, 6.07) is 3.75. The molecule has 0 spiro atoms. The molecule has 1 aliphatic heterocycles. The highest BCUT2D eigenvalue weighted by molar-refractivity contribution is 5.76. The second-order valence-electron chi connectivity index (χ2n) is 4.60.